The molecule has 0 aromatic carbocycles. The first kappa shape index (κ1) is 14.0. The average Bonchev–Trinajstić information content (AvgIpc) is 2.95. The van der Waals surface area contributed by atoms with Crippen LogP contribution < -0.4 is 4.72 Å². The summed E-state index contributed by atoms with van der Waals surface area (Å²) in [6.45, 7) is 0. The minimum atomic E-state index is -3.82. The van der Waals surface area contributed by atoms with E-state index in [0.717, 1.165) is 18.6 Å². The fourth-order valence-electron chi connectivity index (χ4n) is 2.12. The van der Waals surface area contributed by atoms with E-state index in [2.05, 4.69) is 4.72 Å². The third-order valence-corrected chi connectivity index (χ3v) is 4.49. The number of furan rings is 1. The lowest BCUT2D eigenvalue weighted by molar-refractivity contribution is 0.0656. The fraction of sp³-hybridized carbons (Fsp3) is 0.545. The molecule has 106 valence electrons. The number of methoxy groups -OCH3 is 1. The Bertz CT molecular complexity index is 563. The lowest BCUT2D eigenvalue weighted by Crippen LogP contribution is -2.33. The summed E-state index contributed by atoms with van der Waals surface area (Å²) >= 11 is 0. The second kappa shape index (κ2) is 5.32. The van der Waals surface area contributed by atoms with Crippen molar-refractivity contribution in [2.75, 3.05) is 7.11 Å². The van der Waals surface area contributed by atoms with Gasteiger partial charge in [-0.05, 0) is 31.4 Å². The summed E-state index contributed by atoms with van der Waals surface area (Å²) in [6.07, 6.45) is 2.13. The molecular weight excluding hydrogens is 274 g/mol. The topological polar surface area (TPSA) is 106 Å². The molecule has 0 aliphatic heterocycles. The third kappa shape index (κ3) is 3.14. The molecule has 1 saturated carbocycles. The minimum Gasteiger partial charge on any atom is -0.475 e. The van der Waals surface area contributed by atoms with E-state index in [0.29, 0.717) is 12.8 Å². The summed E-state index contributed by atoms with van der Waals surface area (Å²) in [5.41, 5.74) is 0. The smallest absolute Gasteiger partial charge is 0.371 e. The van der Waals surface area contributed by atoms with E-state index < -0.39 is 21.8 Å². The van der Waals surface area contributed by atoms with Gasteiger partial charge in [-0.2, -0.15) is 0 Å². The Morgan fingerprint density at radius 2 is 2.21 bits per heavy atom. The minimum absolute atomic E-state index is 0.0545. The van der Waals surface area contributed by atoms with Crippen LogP contribution >= 0.6 is 0 Å². The van der Waals surface area contributed by atoms with Gasteiger partial charge < -0.3 is 14.3 Å². The second-order valence-electron chi connectivity index (χ2n) is 4.41. The Balaban J connectivity index is 2.08. The molecule has 1 fully saturated rings. The highest BCUT2D eigenvalue weighted by Gasteiger charge is 2.30. The van der Waals surface area contributed by atoms with Crippen LogP contribution in [0.25, 0.3) is 0 Å². The molecule has 1 aliphatic rings. The molecule has 7 nitrogen and oxygen atoms in total. The molecule has 2 N–H and O–H groups in total. The highest BCUT2D eigenvalue weighted by atomic mass is 32.2. The average molecular weight is 289 g/mol. The van der Waals surface area contributed by atoms with Crippen LogP contribution in [0.15, 0.2) is 21.6 Å². The summed E-state index contributed by atoms with van der Waals surface area (Å²) in [5, 5.41) is 8.31. The van der Waals surface area contributed by atoms with E-state index in [-0.39, 0.29) is 17.2 Å². The summed E-state index contributed by atoms with van der Waals surface area (Å²) in [7, 11) is -2.23. The molecule has 0 amide bonds. The number of ether oxygens (including phenoxy) is 1. The molecule has 1 aromatic heterocycles. The van der Waals surface area contributed by atoms with Crippen molar-refractivity contribution >= 4 is 16.0 Å². The van der Waals surface area contributed by atoms with Crippen molar-refractivity contribution in [2.45, 2.75) is 36.5 Å². The Morgan fingerprint density at radius 3 is 2.74 bits per heavy atom. The standard InChI is InChI=1S/C11H15NO6S/c1-17-8-3-2-7(6-8)12-19(15,16)10-5-4-9(18-10)11(13)14/h4-5,7-8,12H,2-3,6H2,1H3,(H,13,14). The molecule has 2 rings (SSSR count). The number of nitrogens with one attached hydrogen (secondary N) is 1. The lowest BCUT2D eigenvalue weighted by atomic mass is 10.3. The molecule has 0 spiro atoms. The monoisotopic (exact) mass is 289 g/mol. The Morgan fingerprint density at radius 1 is 1.47 bits per heavy atom. The van der Waals surface area contributed by atoms with Gasteiger partial charge in [0, 0.05) is 13.2 Å². The third-order valence-electron chi connectivity index (χ3n) is 3.10. The number of hydrogen-bond donors (Lipinski definition) is 2. The number of sulfonamides is 1. The zero-order valence-corrected chi connectivity index (χ0v) is 11.1. The zero-order valence-electron chi connectivity index (χ0n) is 10.3. The molecule has 0 saturated heterocycles. The van der Waals surface area contributed by atoms with Gasteiger partial charge >= 0.3 is 5.97 Å². The highest BCUT2D eigenvalue weighted by molar-refractivity contribution is 7.89. The highest BCUT2D eigenvalue weighted by Crippen LogP contribution is 2.23. The molecule has 8 heteroatoms. The molecule has 0 radical (unpaired) electrons. The fourth-order valence-corrected chi connectivity index (χ4v) is 3.33. The lowest BCUT2D eigenvalue weighted by Gasteiger charge is -2.11. The first-order valence-electron chi connectivity index (χ1n) is 5.80. The van der Waals surface area contributed by atoms with Gasteiger partial charge in [-0.25, -0.2) is 17.9 Å². The van der Waals surface area contributed by atoms with E-state index in [1.807, 2.05) is 0 Å². The molecule has 0 bridgehead atoms. The zero-order chi connectivity index (χ0) is 14.0. The maximum Gasteiger partial charge on any atom is 0.371 e. The van der Waals surface area contributed by atoms with Crippen LogP contribution in [0.5, 0.6) is 0 Å². The van der Waals surface area contributed by atoms with Crippen LogP contribution in [0.2, 0.25) is 0 Å². The number of rotatable bonds is 5. The van der Waals surface area contributed by atoms with Crippen LogP contribution in [0.4, 0.5) is 0 Å². The van der Waals surface area contributed by atoms with Crippen molar-refractivity contribution in [3.05, 3.63) is 17.9 Å². The van der Waals surface area contributed by atoms with E-state index in [4.69, 9.17) is 14.3 Å². The number of carbonyl (C=O) groups is 1. The van der Waals surface area contributed by atoms with Gasteiger partial charge in [0.1, 0.15) is 0 Å². The van der Waals surface area contributed by atoms with Gasteiger partial charge in [-0.3, -0.25) is 0 Å². The molecule has 1 aliphatic carbocycles. The van der Waals surface area contributed by atoms with E-state index in [1.54, 1.807) is 7.11 Å². The molecule has 2 unspecified atom stereocenters. The van der Waals surface area contributed by atoms with Gasteiger partial charge in [0.05, 0.1) is 6.10 Å². The van der Waals surface area contributed by atoms with Crippen molar-refractivity contribution in [1.29, 1.82) is 0 Å². The Labute approximate surface area is 110 Å². The maximum absolute atomic E-state index is 12.0. The summed E-state index contributed by atoms with van der Waals surface area (Å²) in [5.74, 6) is -1.71. The first-order valence-corrected chi connectivity index (χ1v) is 7.29. The van der Waals surface area contributed by atoms with Crippen molar-refractivity contribution < 1.29 is 27.5 Å². The molecule has 19 heavy (non-hydrogen) atoms. The van der Waals surface area contributed by atoms with Crippen molar-refractivity contribution in [3.63, 3.8) is 0 Å². The Kier molecular flexibility index (Phi) is 3.93. The van der Waals surface area contributed by atoms with Gasteiger partial charge in [0.2, 0.25) is 10.9 Å². The van der Waals surface area contributed by atoms with Crippen LogP contribution in [0.3, 0.4) is 0 Å². The van der Waals surface area contributed by atoms with Crippen LogP contribution in [-0.4, -0.2) is 38.7 Å². The molecule has 2 atom stereocenters. The number of aromatic carboxylic acids is 1. The number of hydrogen-bond acceptors (Lipinski definition) is 5. The number of carboxylic acids is 1. The summed E-state index contributed by atoms with van der Waals surface area (Å²) < 4.78 is 36.4. The van der Waals surface area contributed by atoms with Crippen molar-refractivity contribution in [1.82, 2.24) is 4.72 Å². The first-order chi connectivity index (χ1) is 8.92. The van der Waals surface area contributed by atoms with Crippen LogP contribution in [-0.2, 0) is 14.8 Å². The normalized spacial score (nSPS) is 23.6. The number of carboxylic acid groups (broad SMARTS) is 1. The predicted molar refractivity (Wildman–Crippen MR) is 64.4 cm³/mol. The largest absolute Gasteiger partial charge is 0.475 e. The van der Waals surface area contributed by atoms with Gasteiger partial charge in [-0.1, -0.05) is 0 Å². The van der Waals surface area contributed by atoms with Gasteiger partial charge in [-0.15, -0.1) is 0 Å². The van der Waals surface area contributed by atoms with E-state index in [9.17, 15) is 13.2 Å². The van der Waals surface area contributed by atoms with E-state index in [1.165, 1.54) is 0 Å². The quantitative estimate of drug-likeness (QED) is 0.831. The SMILES string of the molecule is COC1CCC(NS(=O)(=O)c2ccc(C(=O)O)o2)C1. The van der Waals surface area contributed by atoms with Gasteiger partial charge in [0.25, 0.3) is 10.0 Å². The summed E-state index contributed by atoms with van der Waals surface area (Å²) in [4.78, 5) is 10.6. The molecule has 1 aromatic rings. The van der Waals surface area contributed by atoms with Crippen LogP contribution in [0.1, 0.15) is 29.8 Å². The maximum atomic E-state index is 12.0. The summed E-state index contributed by atoms with van der Waals surface area (Å²) in [6, 6.07) is 2.03. The van der Waals surface area contributed by atoms with Gasteiger partial charge in [0.15, 0.2) is 0 Å². The molecule has 1 heterocycles. The van der Waals surface area contributed by atoms with Crippen molar-refractivity contribution in [2.24, 2.45) is 0 Å². The predicted octanol–water partition coefficient (Wildman–Crippen LogP) is 0.824. The Hall–Kier alpha value is -1.38. The van der Waals surface area contributed by atoms with Crippen LogP contribution in [0, 0.1) is 0 Å². The van der Waals surface area contributed by atoms with E-state index >= 15 is 0 Å². The van der Waals surface area contributed by atoms with Crippen molar-refractivity contribution in [3.8, 4) is 0 Å². The second-order valence-corrected chi connectivity index (χ2v) is 6.06. The molecular formula is C11H15NO6S.